The summed E-state index contributed by atoms with van der Waals surface area (Å²) in [6.45, 7) is 17.4. The van der Waals surface area contributed by atoms with E-state index in [-0.39, 0.29) is 48.8 Å². The summed E-state index contributed by atoms with van der Waals surface area (Å²) in [4.78, 5) is 27.2. The van der Waals surface area contributed by atoms with E-state index in [1.165, 1.54) is 46.9 Å². The lowest BCUT2D eigenvalue weighted by Gasteiger charge is -1.86. The van der Waals surface area contributed by atoms with Crippen LogP contribution in [-0.2, 0) is 23.6 Å². The molecule has 0 radical (unpaired) electrons. The second-order valence-corrected chi connectivity index (χ2v) is 8.29. The molecule has 0 heterocycles. The van der Waals surface area contributed by atoms with Gasteiger partial charge in [-0.15, -0.1) is 0 Å². The Morgan fingerprint density at radius 2 is 0.912 bits per heavy atom. The molecule has 1 amide bonds. The standard InChI is InChI=1S/C4H10.C3H7NO.C3H9N.C3H8O.C3H6O.C2H7O2P.C2H6O.5CH4/c1-3-4-2;1-3(5)4-2;2*1-3-4-2;1-3(2)4;1-5(2,3)4;1-3-2;;;;;/h3-4H2,1-2H3;1-2H3,(H,4,5);4H,3H2,1-2H3;3H2,1-2H3;1-2H3;1-2H3,(H,3,4);1-2H3;5*1H4. The van der Waals surface area contributed by atoms with Gasteiger partial charge in [0.1, 0.15) is 5.78 Å². The molecule has 3 N–H and O–H groups in total. The number of Topliss-reactive ketones (excluding diaryl/α,β-unsaturated/α-hetero) is 1. The van der Waals surface area contributed by atoms with Crippen molar-refractivity contribution in [3.05, 3.63) is 0 Å². The highest BCUT2D eigenvalue weighted by Crippen LogP contribution is 2.27. The van der Waals surface area contributed by atoms with Crippen LogP contribution in [-0.4, -0.2) is 78.5 Å². The van der Waals surface area contributed by atoms with Crippen molar-refractivity contribution in [3.8, 4) is 0 Å². The number of nitrogens with one attached hydrogen (secondary N) is 2. The molecule has 0 aromatic carbocycles. The summed E-state index contributed by atoms with van der Waals surface area (Å²) in [5.41, 5.74) is 0. The van der Waals surface area contributed by atoms with Gasteiger partial charge in [-0.1, -0.05) is 70.7 Å². The number of ketones is 1. The molecule has 0 spiro atoms. The third kappa shape index (κ3) is 1610. The Bertz CT molecular complexity index is 286. The number of amides is 1. The van der Waals surface area contributed by atoms with Crippen molar-refractivity contribution in [2.75, 3.05) is 61.9 Å². The van der Waals surface area contributed by atoms with Crippen molar-refractivity contribution in [1.29, 1.82) is 0 Å². The Morgan fingerprint density at radius 3 is 0.912 bits per heavy atom. The summed E-state index contributed by atoms with van der Waals surface area (Å²) in [5.74, 6) is 0.171. The SMILES string of the molecule is C.C.C.C.C.CC(C)=O.CCCC.CCNC.CCOC.CNC(C)=O.COC.CP(C)(=O)O. The van der Waals surface area contributed by atoms with Gasteiger partial charge < -0.3 is 29.8 Å². The first kappa shape index (κ1) is 76.6. The third-order valence-electron chi connectivity index (χ3n) is 1.49. The van der Waals surface area contributed by atoms with Crippen LogP contribution in [0.3, 0.4) is 0 Å². The highest BCUT2D eigenvalue weighted by Gasteiger charge is 1.92. The van der Waals surface area contributed by atoms with E-state index in [2.05, 4.69) is 40.9 Å². The zero-order valence-electron chi connectivity index (χ0n) is 21.8. The molecule has 0 bridgehead atoms. The van der Waals surface area contributed by atoms with Crippen LogP contribution in [0.4, 0.5) is 0 Å². The van der Waals surface area contributed by atoms with Crippen molar-refractivity contribution in [2.45, 2.75) is 98.4 Å². The molecule has 0 saturated carbocycles. The first-order valence-corrected chi connectivity index (χ1v) is 12.2. The van der Waals surface area contributed by atoms with Crippen molar-refractivity contribution >= 4 is 19.1 Å². The summed E-state index contributed by atoms with van der Waals surface area (Å²) < 4.78 is 18.6. The summed E-state index contributed by atoms with van der Waals surface area (Å²) >= 11 is 0. The second kappa shape index (κ2) is 85.0. The van der Waals surface area contributed by atoms with Gasteiger partial charge in [0.2, 0.25) is 5.91 Å². The molecule has 0 aromatic rings. The maximum atomic E-state index is 9.77. The van der Waals surface area contributed by atoms with Gasteiger partial charge in [0.05, 0.1) is 0 Å². The first-order valence-electron chi connectivity index (χ1n) is 9.63. The van der Waals surface area contributed by atoms with E-state index >= 15 is 0 Å². The van der Waals surface area contributed by atoms with Gasteiger partial charge in [0.15, 0.2) is 7.37 Å². The summed E-state index contributed by atoms with van der Waals surface area (Å²) in [7, 11) is 5.82. The zero-order valence-corrected chi connectivity index (χ0v) is 22.7. The van der Waals surface area contributed by atoms with Gasteiger partial charge in [-0.25, -0.2) is 0 Å². The highest BCUT2D eigenvalue weighted by molar-refractivity contribution is 7.56. The fourth-order valence-corrected chi connectivity index (χ4v) is 0. The minimum absolute atomic E-state index is 0. The molecule has 0 rings (SSSR count). The Labute approximate surface area is 218 Å². The van der Waals surface area contributed by atoms with Gasteiger partial charge in [-0.2, -0.15) is 0 Å². The maximum absolute atomic E-state index is 9.77. The quantitative estimate of drug-likeness (QED) is 0.338. The average molecular weight is 529 g/mol. The Kier molecular flexibility index (Phi) is 192. The molecule has 0 aliphatic heterocycles. The minimum atomic E-state index is -2.64. The molecule has 0 aliphatic carbocycles. The summed E-state index contributed by atoms with van der Waals surface area (Å²) in [6.07, 6.45) is 2.64. The van der Waals surface area contributed by atoms with Crippen molar-refractivity contribution in [2.24, 2.45) is 0 Å². The predicted octanol–water partition coefficient (Wildman–Crippen LogP) is 6.99. The molecule has 9 heteroatoms. The predicted molar refractivity (Wildman–Crippen MR) is 162 cm³/mol. The van der Waals surface area contributed by atoms with Crippen LogP contribution in [0.2, 0.25) is 0 Å². The van der Waals surface area contributed by atoms with Gasteiger partial charge >= 0.3 is 0 Å². The molecule has 0 aliphatic rings. The van der Waals surface area contributed by atoms with Gasteiger partial charge in [-0.05, 0) is 34.4 Å². The van der Waals surface area contributed by atoms with E-state index in [1.807, 2.05) is 14.0 Å². The molecule has 8 nitrogen and oxygen atoms in total. The molecule has 34 heavy (non-hydrogen) atoms. The van der Waals surface area contributed by atoms with Crippen molar-refractivity contribution < 1.29 is 28.5 Å². The maximum Gasteiger partial charge on any atom is 0.216 e. The van der Waals surface area contributed by atoms with Crippen LogP contribution in [0.1, 0.15) is 98.4 Å². The molecule has 0 aromatic heterocycles. The van der Waals surface area contributed by atoms with Crippen LogP contribution in [0, 0.1) is 0 Å². The first-order chi connectivity index (χ1) is 13.2. The van der Waals surface area contributed by atoms with Crippen LogP contribution in [0.5, 0.6) is 0 Å². The van der Waals surface area contributed by atoms with Gasteiger partial charge in [0.25, 0.3) is 0 Å². The lowest BCUT2D eigenvalue weighted by molar-refractivity contribution is -0.118. The third-order valence-corrected chi connectivity index (χ3v) is 1.49. The van der Waals surface area contributed by atoms with Crippen LogP contribution in [0.15, 0.2) is 0 Å². The number of hydrogen-bond acceptors (Lipinski definition) is 6. The monoisotopic (exact) mass is 529 g/mol. The molecular weight excluding hydrogens is 455 g/mol. The normalized spacial score (nSPS) is 6.68. The summed E-state index contributed by atoms with van der Waals surface area (Å²) in [6, 6.07) is 0. The molecule has 0 unspecified atom stereocenters. The number of unbranched alkanes of at least 4 members (excludes halogenated alkanes) is 1. The van der Waals surface area contributed by atoms with E-state index in [0.29, 0.717) is 0 Å². The molecule has 0 atom stereocenters. The molecular formula is C25H73N2O6P. The molecule has 224 valence electrons. The number of rotatable bonds is 3. The van der Waals surface area contributed by atoms with Gasteiger partial charge in [0, 0.05) is 55.2 Å². The fraction of sp³-hybridized carbons (Fsp3) is 0.920. The van der Waals surface area contributed by atoms with E-state index in [4.69, 9.17) is 4.89 Å². The number of methoxy groups -OCH3 is 2. The number of ether oxygens (including phenoxy) is 2. The van der Waals surface area contributed by atoms with Crippen LogP contribution >= 0.6 is 7.37 Å². The smallest absolute Gasteiger partial charge is 0.216 e. The van der Waals surface area contributed by atoms with Crippen LogP contribution in [0.25, 0.3) is 0 Å². The highest BCUT2D eigenvalue weighted by atomic mass is 31.2. The molecule has 0 fully saturated rings. The Balaban J connectivity index is -0.0000000163. The van der Waals surface area contributed by atoms with E-state index in [1.54, 1.807) is 28.4 Å². The number of carbonyl (C=O) groups is 2. The zero-order chi connectivity index (χ0) is 25.3. The lowest BCUT2D eigenvalue weighted by Crippen LogP contribution is -2.11. The van der Waals surface area contributed by atoms with E-state index < -0.39 is 7.37 Å². The van der Waals surface area contributed by atoms with E-state index in [0.717, 1.165) is 13.2 Å². The second-order valence-electron chi connectivity index (χ2n) is 5.70. The average Bonchev–Trinajstić information content (AvgIpc) is 2.61. The van der Waals surface area contributed by atoms with Crippen molar-refractivity contribution in [1.82, 2.24) is 10.6 Å². The summed E-state index contributed by atoms with van der Waals surface area (Å²) in [5, 5.41) is 5.32. The lowest BCUT2D eigenvalue weighted by atomic mass is 10.4. The van der Waals surface area contributed by atoms with Crippen molar-refractivity contribution in [3.63, 3.8) is 0 Å². The number of carbonyl (C=O) groups excluding carboxylic acids is 2. The Morgan fingerprint density at radius 1 is 0.794 bits per heavy atom. The minimum Gasteiger partial charge on any atom is -0.388 e. The van der Waals surface area contributed by atoms with E-state index in [9.17, 15) is 14.2 Å². The number of hydrogen-bond donors (Lipinski definition) is 3. The Hall–Kier alpha value is -0.790. The largest absolute Gasteiger partial charge is 0.388 e. The van der Waals surface area contributed by atoms with Gasteiger partial charge in [-0.3, -0.25) is 9.36 Å². The topological polar surface area (TPSA) is 114 Å². The molecule has 0 saturated heterocycles. The fourth-order valence-electron chi connectivity index (χ4n) is 0. The van der Waals surface area contributed by atoms with Crippen LogP contribution < -0.4 is 10.6 Å².